The van der Waals surface area contributed by atoms with E-state index < -0.39 is 11.6 Å². The van der Waals surface area contributed by atoms with Crippen molar-refractivity contribution < 1.29 is 24.0 Å². The highest BCUT2D eigenvalue weighted by Gasteiger charge is 2.66. The Labute approximate surface area is 190 Å². The maximum absolute atomic E-state index is 12.9. The first-order valence-corrected chi connectivity index (χ1v) is 12.5. The zero-order valence-corrected chi connectivity index (χ0v) is 19.0. The molecule has 1 aliphatic heterocycles. The molecule has 1 saturated heterocycles. The summed E-state index contributed by atoms with van der Waals surface area (Å²) in [6.45, 7) is 0.717. The lowest BCUT2D eigenvalue weighted by Crippen LogP contribution is -2.59. The summed E-state index contributed by atoms with van der Waals surface area (Å²) in [7, 11) is 1.58. The minimum absolute atomic E-state index is 0.0410. The van der Waals surface area contributed by atoms with Crippen molar-refractivity contribution in [3.8, 4) is 0 Å². The van der Waals surface area contributed by atoms with E-state index in [2.05, 4.69) is 12.1 Å². The van der Waals surface area contributed by atoms with E-state index in [1.54, 1.807) is 7.11 Å². The SMILES string of the molecule is COCC(=O)N(Cc1ccccc1)C1CCC2(CC1)OOC1(O2)C2CC3CC(C2)CC1C3. The van der Waals surface area contributed by atoms with E-state index >= 15 is 0 Å². The maximum atomic E-state index is 12.9. The molecule has 1 amide bonds. The fraction of sp³-hybridized carbons (Fsp3) is 0.731. The standard InChI is InChI=1S/C26H35NO5/c1-29-17-24(28)27(16-18-5-3-2-4-6-18)23-7-9-25(10-8-23)30-26(32-31-25)21-12-19-11-20(14-21)15-22(26)13-19/h2-6,19-23H,7-17H2,1H3. The zero-order valence-electron chi connectivity index (χ0n) is 19.0. The third-order valence-electron chi connectivity index (χ3n) is 8.89. The zero-order chi connectivity index (χ0) is 21.8. The highest BCUT2D eigenvalue weighted by Crippen LogP contribution is 2.63. The molecular weight excluding hydrogens is 406 g/mol. The van der Waals surface area contributed by atoms with Gasteiger partial charge >= 0.3 is 0 Å². The van der Waals surface area contributed by atoms with E-state index in [0.717, 1.165) is 43.1 Å². The molecule has 2 spiro atoms. The Morgan fingerprint density at radius 1 is 1.00 bits per heavy atom. The van der Waals surface area contributed by atoms with Crippen molar-refractivity contribution in [2.75, 3.05) is 13.7 Å². The number of benzene rings is 1. The first-order valence-electron chi connectivity index (χ1n) is 12.5. The topological polar surface area (TPSA) is 57.2 Å². The van der Waals surface area contributed by atoms with Crippen LogP contribution in [0.5, 0.6) is 0 Å². The van der Waals surface area contributed by atoms with Crippen LogP contribution in [0.1, 0.15) is 63.4 Å². The van der Waals surface area contributed by atoms with Crippen molar-refractivity contribution in [2.24, 2.45) is 23.7 Å². The van der Waals surface area contributed by atoms with Gasteiger partial charge < -0.3 is 14.4 Å². The van der Waals surface area contributed by atoms with Crippen LogP contribution in [0.4, 0.5) is 0 Å². The van der Waals surface area contributed by atoms with Crippen LogP contribution in [0, 0.1) is 23.7 Å². The minimum Gasteiger partial charge on any atom is -0.375 e. The van der Waals surface area contributed by atoms with E-state index in [1.807, 2.05) is 23.1 Å². The molecule has 32 heavy (non-hydrogen) atoms. The van der Waals surface area contributed by atoms with Gasteiger partial charge in [0.2, 0.25) is 17.5 Å². The molecule has 0 atom stereocenters. The Kier molecular flexibility index (Phi) is 5.33. The van der Waals surface area contributed by atoms with Crippen LogP contribution >= 0.6 is 0 Å². The summed E-state index contributed by atoms with van der Waals surface area (Å²) in [5, 5.41) is 0. The molecule has 1 aromatic carbocycles. The van der Waals surface area contributed by atoms with E-state index in [0.29, 0.717) is 18.4 Å². The Balaban J connectivity index is 1.14. The summed E-state index contributed by atoms with van der Waals surface area (Å²) >= 11 is 0. The first kappa shape index (κ1) is 21.1. The van der Waals surface area contributed by atoms with Crippen molar-refractivity contribution >= 4 is 5.91 Å². The van der Waals surface area contributed by atoms with Gasteiger partial charge in [-0.2, -0.15) is 9.78 Å². The number of ether oxygens (including phenoxy) is 2. The summed E-state index contributed by atoms with van der Waals surface area (Å²) in [6.07, 6.45) is 9.54. The second kappa shape index (κ2) is 8.08. The van der Waals surface area contributed by atoms with Gasteiger partial charge in [-0.25, -0.2) is 0 Å². The van der Waals surface area contributed by atoms with Crippen LogP contribution in [-0.2, 0) is 30.6 Å². The van der Waals surface area contributed by atoms with Gasteiger partial charge in [-0.15, -0.1) is 0 Å². The Hall–Kier alpha value is -1.47. The van der Waals surface area contributed by atoms with Crippen LogP contribution in [0.3, 0.4) is 0 Å². The number of amides is 1. The number of hydrogen-bond donors (Lipinski definition) is 0. The van der Waals surface area contributed by atoms with Crippen molar-refractivity contribution in [1.29, 1.82) is 0 Å². The van der Waals surface area contributed by atoms with Gasteiger partial charge in [0, 0.05) is 44.4 Å². The summed E-state index contributed by atoms with van der Waals surface area (Å²) in [5.41, 5.74) is 1.14. The Morgan fingerprint density at radius 2 is 1.66 bits per heavy atom. The second-order valence-electron chi connectivity index (χ2n) is 10.9. The smallest absolute Gasteiger partial charge is 0.249 e. The highest BCUT2D eigenvalue weighted by molar-refractivity contribution is 5.77. The van der Waals surface area contributed by atoms with Crippen LogP contribution in [0.15, 0.2) is 30.3 Å². The molecule has 174 valence electrons. The fourth-order valence-corrected chi connectivity index (χ4v) is 7.56. The van der Waals surface area contributed by atoms with Gasteiger partial charge in [0.15, 0.2) is 0 Å². The lowest BCUT2D eigenvalue weighted by atomic mass is 9.53. The summed E-state index contributed by atoms with van der Waals surface area (Å²) in [4.78, 5) is 27.1. The van der Waals surface area contributed by atoms with Crippen molar-refractivity contribution in [2.45, 2.75) is 81.9 Å². The summed E-state index contributed by atoms with van der Waals surface area (Å²) in [6, 6.07) is 10.3. The summed E-state index contributed by atoms with van der Waals surface area (Å²) < 4.78 is 12.0. The predicted molar refractivity (Wildman–Crippen MR) is 117 cm³/mol. The van der Waals surface area contributed by atoms with Crippen molar-refractivity contribution in [3.05, 3.63) is 35.9 Å². The molecule has 5 aliphatic carbocycles. The molecule has 0 radical (unpaired) electrons. The van der Waals surface area contributed by atoms with Gasteiger partial charge in [0.25, 0.3) is 0 Å². The normalized spacial score (nSPS) is 42.1. The number of rotatable bonds is 5. The molecule has 5 saturated carbocycles. The van der Waals surface area contributed by atoms with Crippen molar-refractivity contribution in [3.63, 3.8) is 0 Å². The first-order chi connectivity index (χ1) is 15.6. The van der Waals surface area contributed by atoms with E-state index in [-0.39, 0.29) is 18.6 Å². The second-order valence-corrected chi connectivity index (χ2v) is 10.9. The minimum atomic E-state index is -0.644. The molecular formula is C26H35NO5. The molecule has 7 rings (SSSR count). The molecule has 6 fully saturated rings. The van der Waals surface area contributed by atoms with Crippen molar-refractivity contribution in [1.82, 2.24) is 4.90 Å². The molecule has 6 nitrogen and oxygen atoms in total. The molecule has 0 N–H and O–H groups in total. The number of carbonyl (C=O) groups is 1. The van der Waals surface area contributed by atoms with E-state index in [1.165, 1.54) is 32.1 Å². The molecule has 6 heteroatoms. The molecule has 0 aromatic heterocycles. The fourth-order valence-electron chi connectivity index (χ4n) is 7.56. The molecule has 0 unspecified atom stereocenters. The van der Waals surface area contributed by atoms with Crippen LogP contribution in [0.2, 0.25) is 0 Å². The summed E-state index contributed by atoms with van der Waals surface area (Å²) in [5.74, 6) is 1.56. The van der Waals surface area contributed by atoms with Gasteiger partial charge in [-0.3, -0.25) is 4.79 Å². The molecule has 1 aromatic rings. The average Bonchev–Trinajstić information content (AvgIpc) is 3.17. The van der Waals surface area contributed by atoms with E-state index in [9.17, 15) is 4.79 Å². The maximum Gasteiger partial charge on any atom is 0.249 e. The quantitative estimate of drug-likeness (QED) is 0.633. The largest absolute Gasteiger partial charge is 0.375 e. The lowest BCUT2D eigenvalue weighted by molar-refractivity contribution is -0.390. The van der Waals surface area contributed by atoms with Crippen LogP contribution in [-0.4, -0.2) is 42.1 Å². The van der Waals surface area contributed by atoms with Gasteiger partial charge in [0.05, 0.1) is 0 Å². The van der Waals surface area contributed by atoms with Gasteiger partial charge in [-0.1, -0.05) is 30.3 Å². The Morgan fingerprint density at radius 3 is 2.28 bits per heavy atom. The average molecular weight is 442 g/mol. The number of hydrogen-bond acceptors (Lipinski definition) is 5. The number of nitrogens with zero attached hydrogens (tertiary/aromatic N) is 1. The molecule has 1 heterocycles. The van der Waals surface area contributed by atoms with Crippen LogP contribution < -0.4 is 0 Å². The monoisotopic (exact) mass is 441 g/mol. The highest BCUT2D eigenvalue weighted by atomic mass is 17.3. The van der Waals surface area contributed by atoms with Crippen LogP contribution in [0.25, 0.3) is 0 Å². The molecule has 4 bridgehead atoms. The third kappa shape index (κ3) is 3.51. The number of methoxy groups -OCH3 is 1. The van der Waals surface area contributed by atoms with Gasteiger partial charge in [0.1, 0.15) is 6.61 Å². The lowest BCUT2D eigenvalue weighted by Gasteiger charge is -2.57. The third-order valence-corrected chi connectivity index (χ3v) is 8.89. The number of carbonyl (C=O) groups excluding carboxylic acids is 1. The van der Waals surface area contributed by atoms with E-state index in [4.69, 9.17) is 19.2 Å². The molecule has 6 aliphatic rings. The predicted octanol–water partition coefficient (Wildman–Crippen LogP) is 4.43. The Bertz CT molecular complexity index is 806. The van der Waals surface area contributed by atoms with Gasteiger partial charge in [-0.05, 0) is 62.3 Å².